The van der Waals surface area contributed by atoms with E-state index < -0.39 is 0 Å². The van der Waals surface area contributed by atoms with Crippen molar-refractivity contribution in [2.75, 3.05) is 54.4 Å². The van der Waals surface area contributed by atoms with Gasteiger partial charge >= 0.3 is 0 Å². The van der Waals surface area contributed by atoms with Gasteiger partial charge in [0, 0.05) is 44.1 Å². The van der Waals surface area contributed by atoms with E-state index in [-0.39, 0.29) is 11.8 Å². The van der Waals surface area contributed by atoms with Crippen LogP contribution in [0.2, 0.25) is 0 Å². The quantitative estimate of drug-likeness (QED) is 0.561. The minimum Gasteiger partial charge on any atom is -0.507 e. The van der Waals surface area contributed by atoms with E-state index in [0.29, 0.717) is 17.2 Å². The predicted octanol–water partition coefficient (Wildman–Crippen LogP) is 2.23. The maximum Gasteiger partial charge on any atom is 0.225 e. The van der Waals surface area contributed by atoms with Crippen LogP contribution in [-0.4, -0.2) is 70.6 Å². The number of phenols is 1. The van der Waals surface area contributed by atoms with Crippen LogP contribution in [-0.2, 0) is 0 Å². The highest BCUT2D eigenvalue weighted by atomic mass is 16.3. The molecule has 0 bridgehead atoms. The van der Waals surface area contributed by atoms with Gasteiger partial charge in [0.25, 0.3) is 0 Å². The van der Waals surface area contributed by atoms with Crippen molar-refractivity contribution in [2.45, 2.75) is 24.8 Å². The van der Waals surface area contributed by atoms with E-state index in [1.54, 1.807) is 6.07 Å². The molecular formula is C24H28N8O. The lowest BCUT2D eigenvalue weighted by Crippen LogP contribution is -2.58. The molecule has 3 aromatic rings. The Morgan fingerprint density at radius 2 is 1.82 bits per heavy atom. The molecule has 9 nitrogen and oxygen atoms in total. The van der Waals surface area contributed by atoms with Crippen LogP contribution < -0.4 is 20.4 Å². The number of para-hydroxylation sites is 1. The number of hydrogen-bond donors (Lipinski definition) is 3. The van der Waals surface area contributed by atoms with Crippen molar-refractivity contribution in [3.05, 3.63) is 48.3 Å². The van der Waals surface area contributed by atoms with E-state index in [0.717, 1.165) is 69.6 Å². The van der Waals surface area contributed by atoms with Crippen molar-refractivity contribution in [1.82, 2.24) is 25.5 Å². The Kier molecular flexibility index (Phi) is 5.18. The molecule has 1 atom stereocenters. The Balaban J connectivity index is 1.20. The summed E-state index contributed by atoms with van der Waals surface area (Å²) in [7, 11) is 0. The lowest BCUT2D eigenvalue weighted by atomic mass is 9.92. The zero-order valence-corrected chi connectivity index (χ0v) is 18.5. The molecule has 6 rings (SSSR count). The number of aromatic nitrogens is 4. The first-order valence-corrected chi connectivity index (χ1v) is 11.7. The maximum atomic E-state index is 10.2. The molecule has 2 aromatic heterocycles. The van der Waals surface area contributed by atoms with Crippen LogP contribution in [0.4, 0.5) is 17.5 Å². The summed E-state index contributed by atoms with van der Waals surface area (Å²) in [5, 5.41) is 25.8. The number of phenolic OH excluding ortho intramolecular Hbond substituents is 1. The summed E-state index contributed by atoms with van der Waals surface area (Å²) in [4.78, 5) is 14.1. The molecular weight excluding hydrogens is 416 g/mol. The van der Waals surface area contributed by atoms with Crippen LogP contribution >= 0.6 is 0 Å². The minimum absolute atomic E-state index is 0.210. The average molecular weight is 445 g/mol. The third-order valence-corrected chi connectivity index (χ3v) is 7.00. The monoisotopic (exact) mass is 444 g/mol. The van der Waals surface area contributed by atoms with Gasteiger partial charge in [0.1, 0.15) is 5.75 Å². The standard InChI is InChI=1S/C24H28N8O/c33-22-4-2-1-3-19(22)20-11-21-23(30-29-20)26-14-18-15-31(9-10-32(18)21)24-27-12-17(13-28-24)16-5-7-25-8-6-16/h1-4,11-13,16,18,25,33H,5-10,14-15H2,(H,26,30)/t18-/m0/s1. The SMILES string of the molecule is Oc1ccccc1-c1cc2c(nn1)NC[C@H]1CN(c3ncc(C4CCNCC4)cn3)CCN21. The van der Waals surface area contributed by atoms with E-state index in [2.05, 4.69) is 30.6 Å². The molecule has 2 saturated heterocycles. The summed E-state index contributed by atoms with van der Waals surface area (Å²) in [6.07, 6.45) is 6.35. The largest absolute Gasteiger partial charge is 0.507 e. The number of fused-ring (bicyclic) bond motifs is 3. The number of nitrogens with zero attached hydrogens (tertiary/aromatic N) is 6. The summed E-state index contributed by atoms with van der Waals surface area (Å²) in [6.45, 7) is 5.47. The van der Waals surface area contributed by atoms with Gasteiger partial charge in [-0.2, -0.15) is 0 Å². The van der Waals surface area contributed by atoms with Gasteiger partial charge in [0.2, 0.25) is 5.95 Å². The zero-order chi connectivity index (χ0) is 22.2. The Bertz CT molecular complexity index is 1130. The van der Waals surface area contributed by atoms with Crippen LogP contribution in [0, 0.1) is 0 Å². The van der Waals surface area contributed by atoms with Gasteiger partial charge in [-0.05, 0) is 55.6 Å². The highest BCUT2D eigenvalue weighted by Gasteiger charge is 2.34. The first kappa shape index (κ1) is 20.2. The van der Waals surface area contributed by atoms with Crippen LogP contribution in [0.25, 0.3) is 11.3 Å². The molecule has 1 aromatic carbocycles. The van der Waals surface area contributed by atoms with Crippen molar-refractivity contribution in [3.63, 3.8) is 0 Å². The topological polar surface area (TPSA) is 102 Å². The molecule has 0 radical (unpaired) electrons. The molecule has 0 aliphatic carbocycles. The number of benzene rings is 1. The van der Waals surface area contributed by atoms with Gasteiger partial charge in [-0.25, -0.2) is 9.97 Å². The van der Waals surface area contributed by atoms with Gasteiger partial charge in [-0.1, -0.05) is 12.1 Å². The molecule has 3 N–H and O–H groups in total. The van der Waals surface area contributed by atoms with E-state index in [1.165, 1.54) is 5.56 Å². The second-order valence-corrected chi connectivity index (χ2v) is 9.00. The first-order chi connectivity index (χ1) is 16.3. The number of piperazine rings is 1. The Labute approximate surface area is 192 Å². The van der Waals surface area contributed by atoms with Crippen molar-refractivity contribution >= 4 is 17.5 Å². The van der Waals surface area contributed by atoms with Crippen molar-refractivity contribution in [2.24, 2.45) is 0 Å². The number of rotatable bonds is 3. The van der Waals surface area contributed by atoms with Crippen molar-refractivity contribution in [3.8, 4) is 17.0 Å². The third-order valence-electron chi connectivity index (χ3n) is 7.00. The molecule has 3 aliphatic rings. The fourth-order valence-corrected chi connectivity index (χ4v) is 5.15. The normalized spacial score (nSPS) is 20.7. The van der Waals surface area contributed by atoms with E-state index in [4.69, 9.17) is 9.97 Å². The average Bonchev–Trinajstić information content (AvgIpc) is 2.89. The Hall–Kier alpha value is -3.46. The van der Waals surface area contributed by atoms with Gasteiger partial charge in [-0.3, -0.25) is 0 Å². The van der Waals surface area contributed by atoms with E-state index in [9.17, 15) is 5.11 Å². The lowest BCUT2D eigenvalue weighted by molar-refractivity contribution is 0.458. The summed E-state index contributed by atoms with van der Waals surface area (Å²) in [5.41, 5.74) is 3.65. The van der Waals surface area contributed by atoms with Gasteiger partial charge in [-0.15, -0.1) is 10.2 Å². The zero-order valence-electron chi connectivity index (χ0n) is 18.5. The molecule has 9 heteroatoms. The summed E-state index contributed by atoms with van der Waals surface area (Å²) < 4.78 is 0. The molecule has 0 unspecified atom stereocenters. The number of nitrogens with one attached hydrogen (secondary N) is 2. The number of anilines is 3. The van der Waals surface area contributed by atoms with Gasteiger partial charge in [0.15, 0.2) is 5.82 Å². The van der Waals surface area contributed by atoms with E-state index >= 15 is 0 Å². The summed E-state index contributed by atoms with van der Waals surface area (Å²) >= 11 is 0. The molecule has 5 heterocycles. The van der Waals surface area contributed by atoms with Crippen molar-refractivity contribution < 1.29 is 5.11 Å². The number of piperidine rings is 1. The Morgan fingerprint density at radius 3 is 2.64 bits per heavy atom. The molecule has 2 fully saturated rings. The molecule has 33 heavy (non-hydrogen) atoms. The highest BCUT2D eigenvalue weighted by Crippen LogP contribution is 2.36. The second kappa shape index (κ2) is 8.47. The fraction of sp³-hybridized carbons (Fsp3) is 0.417. The lowest BCUT2D eigenvalue weighted by Gasteiger charge is -2.45. The van der Waals surface area contributed by atoms with Crippen LogP contribution in [0.15, 0.2) is 42.7 Å². The maximum absolute atomic E-state index is 10.2. The predicted molar refractivity (Wildman–Crippen MR) is 128 cm³/mol. The first-order valence-electron chi connectivity index (χ1n) is 11.7. The minimum atomic E-state index is 0.210. The smallest absolute Gasteiger partial charge is 0.225 e. The van der Waals surface area contributed by atoms with Gasteiger partial charge in [0.05, 0.1) is 17.4 Å². The number of hydrogen-bond acceptors (Lipinski definition) is 9. The van der Waals surface area contributed by atoms with Gasteiger partial charge < -0.3 is 25.5 Å². The van der Waals surface area contributed by atoms with Crippen LogP contribution in [0.3, 0.4) is 0 Å². The van der Waals surface area contributed by atoms with E-state index in [1.807, 2.05) is 36.7 Å². The second-order valence-electron chi connectivity index (χ2n) is 9.00. The molecule has 170 valence electrons. The number of aromatic hydroxyl groups is 1. The summed E-state index contributed by atoms with van der Waals surface area (Å²) in [5.74, 6) is 2.37. The van der Waals surface area contributed by atoms with Crippen molar-refractivity contribution in [1.29, 1.82) is 0 Å². The Morgan fingerprint density at radius 1 is 1.00 bits per heavy atom. The molecule has 3 aliphatic heterocycles. The van der Waals surface area contributed by atoms with Crippen LogP contribution in [0.5, 0.6) is 5.75 Å². The van der Waals surface area contributed by atoms with Crippen LogP contribution in [0.1, 0.15) is 24.3 Å². The molecule has 0 amide bonds. The fourth-order valence-electron chi connectivity index (χ4n) is 5.15. The summed E-state index contributed by atoms with van der Waals surface area (Å²) in [6, 6.07) is 9.54. The third kappa shape index (κ3) is 3.82. The highest BCUT2D eigenvalue weighted by molar-refractivity contribution is 5.76. The molecule has 0 spiro atoms. The molecule has 0 saturated carbocycles.